The average Bonchev–Trinajstić information content (AvgIpc) is 2.41. The normalized spacial score (nSPS) is 20.6. The monoisotopic (exact) mass is 290 g/mol. The Kier molecular flexibility index (Phi) is 4.52. The van der Waals surface area contributed by atoms with Crippen molar-refractivity contribution >= 4 is 5.69 Å². The lowest BCUT2D eigenvalue weighted by Gasteiger charge is -2.45. The van der Waals surface area contributed by atoms with Crippen molar-refractivity contribution in [2.24, 2.45) is 0 Å². The highest BCUT2D eigenvalue weighted by atomic mass is 16.5. The van der Waals surface area contributed by atoms with Gasteiger partial charge in [0.1, 0.15) is 5.75 Å². The van der Waals surface area contributed by atoms with E-state index in [0.29, 0.717) is 12.0 Å². The van der Waals surface area contributed by atoms with E-state index in [1.807, 2.05) is 0 Å². The summed E-state index contributed by atoms with van der Waals surface area (Å²) in [5.74, 6) is 1.56. The van der Waals surface area contributed by atoms with Gasteiger partial charge >= 0.3 is 0 Å². The zero-order valence-electron chi connectivity index (χ0n) is 14.6. The summed E-state index contributed by atoms with van der Waals surface area (Å²) in [6.07, 6.45) is 1.18. The van der Waals surface area contributed by atoms with Gasteiger partial charge in [0.2, 0.25) is 0 Å². The van der Waals surface area contributed by atoms with Crippen LogP contribution in [0.2, 0.25) is 0 Å². The van der Waals surface area contributed by atoms with Gasteiger partial charge in [-0.15, -0.1) is 0 Å². The molecule has 0 saturated heterocycles. The molecule has 1 aliphatic rings. The van der Waals surface area contributed by atoms with Gasteiger partial charge in [-0.2, -0.15) is 0 Å². The molecule has 1 aliphatic heterocycles. The molecule has 1 aromatic carbocycles. The second kappa shape index (κ2) is 5.88. The van der Waals surface area contributed by atoms with Gasteiger partial charge in [0.15, 0.2) is 0 Å². The zero-order chi connectivity index (χ0) is 15.8. The lowest BCUT2D eigenvalue weighted by molar-refractivity contribution is 0.386. The maximum atomic E-state index is 5.63. The summed E-state index contributed by atoms with van der Waals surface area (Å²) in [7, 11) is 3.95. The first-order valence-electron chi connectivity index (χ1n) is 7.94. The van der Waals surface area contributed by atoms with Crippen LogP contribution in [0.5, 0.6) is 5.75 Å². The molecule has 0 fully saturated rings. The fraction of sp³-hybridized carbons (Fsp3) is 0.667. The quantitative estimate of drug-likeness (QED) is 0.909. The van der Waals surface area contributed by atoms with Crippen LogP contribution in [0.15, 0.2) is 12.1 Å². The van der Waals surface area contributed by atoms with Crippen molar-refractivity contribution in [2.75, 3.05) is 19.1 Å². The molecule has 2 rings (SSSR count). The highest BCUT2D eigenvalue weighted by molar-refractivity contribution is 5.64. The largest absolute Gasteiger partial charge is 0.496 e. The number of anilines is 1. The molecular weight excluding hydrogens is 260 g/mol. The molecule has 1 heterocycles. The molecule has 3 heteroatoms. The first-order chi connectivity index (χ1) is 9.76. The van der Waals surface area contributed by atoms with Crippen molar-refractivity contribution in [3.8, 4) is 5.75 Å². The van der Waals surface area contributed by atoms with Crippen LogP contribution >= 0.6 is 0 Å². The van der Waals surface area contributed by atoms with Gasteiger partial charge < -0.3 is 15.0 Å². The van der Waals surface area contributed by atoms with E-state index in [0.717, 1.165) is 12.3 Å². The van der Waals surface area contributed by atoms with Gasteiger partial charge in [0.05, 0.1) is 7.11 Å². The van der Waals surface area contributed by atoms with E-state index in [1.165, 1.54) is 23.2 Å². The van der Waals surface area contributed by atoms with E-state index >= 15 is 0 Å². The minimum atomic E-state index is 0.190. The van der Waals surface area contributed by atoms with Crippen molar-refractivity contribution < 1.29 is 4.74 Å². The third kappa shape index (κ3) is 3.18. The Balaban J connectivity index is 2.43. The summed E-state index contributed by atoms with van der Waals surface area (Å²) in [5.41, 5.74) is 4.20. The Morgan fingerprint density at radius 3 is 2.62 bits per heavy atom. The number of hydrogen-bond donors (Lipinski definition) is 1. The van der Waals surface area contributed by atoms with Crippen LogP contribution in [0.1, 0.15) is 58.1 Å². The zero-order valence-corrected chi connectivity index (χ0v) is 14.6. The Bertz CT molecular complexity index is 508. The number of ether oxygens (including phenoxy) is 1. The maximum absolute atomic E-state index is 5.63. The average molecular weight is 290 g/mol. The number of benzene rings is 1. The molecule has 0 radical (unpaired) electrons. The van der Waals surface area contributed by atoms with E-state index in [9.17, 15) is 0 Å². The van der Waals surface area contributed by atoms with Crippen LogP contribution in [0, 0.1) is 0 Å². The second-order valence-corrected chi connectivity index (χ2v) is 7.24. The molecule has 0 aliphatic carbocycles. The summed E-state index contributed by atoms with van der Waals surface area (Å²) in [5, 5.41) is 3.49. The molecule has 3 nitrogen and oxygen atoms in total. The van der Waals surface area contributed by atoms with Crippen LogP contribution in [-0.2, 0) is 6.54 Å². The number of hydrogen-bond acceptors (Lipinski definition) is 3. The maximum Gasteiger partial charge on any atom is 0.125 e. The van der Waals surface area contributed by atoms with Gasteiger partial charge in [0, 0.05) is 42.5 Å². The van der Waals surface area contributed by atoms with Crippen LogP contribution in [0.25, 0.3) is 0 Å². The Morgan fingerprint density at radius 1 is 1.38 bits per heavy atom. The first kappa shape index (κ1) is 16.2. The molecule has 1 atom stereocenters. The van der Waals surface area contributed by atoms with Crippen LogP contribution in [-0.4, -0.2) is 25.7 Å². The lowest BCUT2D eigenvalue weighted by Crippen LogP contribution is -2.45. The minimum absolute atomic E-state index is 0.190. The molecule has 1 N–H and O–H groups in total. The van der Waals surface area contributed by atoms with Crippen LogP contribution < -0.4 is 15.0 Å². The van der Waals surface area contributed by atoms with Crippen LogP contribution in [0.4, 0.5) is 5.69 Å². The molecule has 1 unspecified atom stereocenters. The molecule has 0 amide bonds. The second-order valence-electron chi connectivity index (χ2n) is 7.24. The van der Waals surface area contributed by atoms with Gasteiger partial charge in [0.25, 0.3) is 0 Å². The summed E-state index contributed by atoms with van der Waals surface area (Å²) in [6.45, 7) is 12.2. The number of methoxy groups -OCH3 is 1. The SMILES string of the molecule is COc1cc2c(cc1CNC(C)C)C(C)CC(C)(C)N2C. The van der Waals surface area contributed by atoms with E-state index in [2.05, 4.69) is 64.0 Å². The lowest BCUT2D eigenvalue weighted by atomic mass is 9.80. The van der Waals surface area contributed by atoms with E-state index in [1.54, 1.807) is 7.11 Å². The van der Waals surface area contributed by atoms with E-state index < -0.39 is 0 Å². The molecule has 118 valence electrons. The molecule has 21 heavy (non-hydrogen) atoms. The Hall–Kier alpha value is -1.22. The van der Waals surface area contributed by atoms with Crippen molar-refractivity contribution in [1.29, 1.82) is 0 Å². The number of rotatable bonds is 4. The summed E-state index contributed by atoms with van der Waals surface area (Å²) in [6, 6.07) is 5.02. The summed E-state index contributed by atoms with van der Waals surface area (Å²) in [4.78, 5) is 2.39. The third-order valence-electron chi connectivity index (χ3n) is 4.74. The number of nitrogens with one attached hydrogen (secondary N) is 1. The van der Waals surface area contributed by atoms with Gasteiger partial charge in [-0.3, -0.25) is 0 Å². The van der Waals surface area contributed by atoms with Gasteiger partial charge in [-0.05, 0) is 37.8 Å². The smallest absolute Gasteiger partial charge is 0.125 e. The Labute approximate surface area is 129 Å². The third-order valence-corrected chi connectivity index (χ3v) is 4.74. The number of fused-ring (bicyclic) bond motifs is 1. The highest BCUT2D eigenvalue weighted by Gasteiger charge is 2.34. The van der Waals surface area contributed by atoms with E-state index in [-0.39, 0.29) is 5.54 Å². The molecular formula is C18H30N2O. The van der Waals surface area contributed by atoms with Gasteiger partial charge in [-0.25, -0.2) is 0 Å². The molecule has 0 bridgehead atoms. The molecule has 0 spiro atoms. The predicted octanol–water partition coefficient (Wildman–Crippen LogP) is 3.92. The van der Waals surface area contributed by atoms with Crippen molar-refractivity contribution in [2.45, 2.75) is 65.1 Å². The number of nitrogens with zero attached hydrogens (tertiary/aromatic N) is 1. The molecule has 0 saturated carbocycles. The fourth-order valence-corrected chi connectivity index (χ4v) is 3.28. The molecule has 1 aromatic rings. The van der Waals surface area contributed by atoms with Crippen molar-refractivity contribution in [3.63, 3.8) is 0 Å². The van der Waals surface area contributed by atoms with Gasteiger partial charge in [-0.1, -0.05) is 20.8 Å². The van der Waals surface area contributed by atoms with Crippen molar-refractivity contribution in [1.82, 2.24) is 5.32 Å². The minimum Gasteiger partial charge on any atom is -0.496 e. The van der Waals surface area contributed by atoms with E-state index in [4.69, 9.17) is 4.74 Å². The fourth-order valence-electron chi connectivity index (χ4n) is 3.28. The van der Waals surface area contributed by atoms with Crippen molar-refractivity contribution in [3.05, 3.63) is 23.3 Å². The Morgan fingerprint density at radius 2 is 2.05 bits per heavy atom. The van der Waals surface area contributed by atoms with Crippen LogP contribution in [0.3, 0.4) is 0 Å². The predicted molar refractivity (Wildman–Crippen MR) is 90.5 cm³/mol. The highest BCUT2D eigenvalue weighted by Crippen LogP contribution is 2.44. The first-order valence-corrected chi connectivity index (χ1v) is 7.94. The summed E-state index contributed by atoms with van der Waals surface area (Å²) >= 11 is 0. The molecule has 0 aromatic heterocycles. The summed E-state index contributed by atoms with van der Waals surface area (Å²) < 4.78 is 5.63. The topological polar surface area (TPSA) is 24.5 Å². The standard InChI is InChI=1S/C18H30N2O/c1-12(2)19-11-14-8-15-13(3)10-18(4,5)20(6)16(15)9-17(14)21-7/h8-9,12-13,19H,10-11H2,1-7H3.